The van der Waals surface area contributed by atoms with E-state index in [1.165, 1.54) is 44.9 Å². The first-order valence-electron chi connectivity index (χ1n) is 7.96. The molecular weight excluding hydrogens is 220 g/mol. The minimum atomic E-state index is 0.153. The number of rotatable bonds is 4. The molecule has 1 N–H and O–H groups in total. The van der Waals surface area contributed by atoms with E-state index in [1.807, 2.05) is 0 Å². The second-order valence-electron chi connectivity index (χ2n) is 7.47. The van der Waals surface area contributed by atoms with Gasteiger partial charge in [-0.3, -0.25) is 0 Å². The molecule has 2 heteroatoms. The second kappa shape index (κ2) is 4.23. The van der Waals surface area contributed by atoms with Crippen molar-refractivity contribution in [1.29, 1.82) is 5.26 Å². The number of hydrogen-bond donors (Lipinski definition) is 1. The van der Waals surface area contributed by atoms with Crippen LogP contribution in [0.1, 0.15) is 44.9 Å². The van der Waals surface area contributed by atoms with Gasteiger partial charge in [-0.1, -0.05) is 0 Å². The number of nitrogens with one attached hydrogen (secondary N) is 1. The maximum absolute atomic E-state index is 9.53. The summed E-state index contributed by atoms with van der Waals surface area (Å²) in [6.45, 7) is 1.10. The second-order valence-corrected chi connectivity index (χ2v) is 7.47. The predicted molar refractivity (Wildman–Crippen MR) is 70.7 cm³/mol. The summed E-state index contributed by atoms with van der Waals surface area (Å²) in [5, 5.41) is 13.1. The average molecular weight is 244 g/mol. The Morgan fingerprint density at radius 3 is 2.11 bits per heavy atom. The zero-order valence-electron chi connectivity index (χ0n) is 11.1. The van der Waals surface area contributed by atoms with Crippen LogP contribution in [0.2, 0.25) is 0 Å². The van der Waals surface area contributed by atoms with E-state index < -0.39 is 0 Å². The summed E-state index contributed by atoms with van der Waals surface area (Å²) < 4.78 is 0. The zero-order chi connectivity index (χ0) is 12.1. The Morgan fingerprint density at radius 1 is 1.00 bits per heavy atom. The lowest BCUT2D eigenvalue weighted by Crippen LogP contribution is -2.52. The molecule has 98 valence electrons. The SMILES string of the molecule is N#CC(NCC1CC1)C1C2CC3CC(C2)CC1C3. The van der Waals surface area contributed by atoms with Gasteiger partial charge in [-0.15, -0.1) is 0 Å². The molecule has 0 aromatic carbocycles. The Kier molecular flexibility index (Phi) is 2.66. The van der Waals surface area contributed by atoms with Crippen molar-refractivity contribution in [2.75, 3.05) is 6.54 Å². The van der Waals surface area contributed by atoms with Gasteiger partial charge in [-0.25, -0.2) is 0 Å². The maximum atomic E-state index is 9.53. The summed E-state index contributed by atoms with van der Waals surface area (Å²) in [7, 11) is 0. The van der Waals surface area contributed by atoms with Crippen molar-refractivity contribution in [2.24, 2.45) is 35.5 Å². The van der Waals surface area contributed by atoms with Crippen LogP contribution < -0.4 is 5.32 Å². The summed E-state index contributed by atoms with van der Waals surface area (Å²) in [6, 6.07) is 2.76. The summed E-state index contributed by atoms with van der Waals surface area (Å²) in [6.07, 6.45) is 10.00. The molecule has 5 rings (SSSR count). The lowest BCUT2D eigenvalue weighted by atomic mass is 9.50. The van der Waals surface area contributed by atoms with Gasteiger partial charge in [0, 0.05) is 0 Å². The van der Waals surface area contributed by atoms with Crippen LogP contribution in [-0.4, -0.2) is 12.6 Å². The lowest BCUT2D eigenvalue weighted by Gasteiger charge is -2.55. The van der Waals surface area contributed by atoms with Crippen LogP contribution in [0.4, 0.5) is 0 Å². The number of hydrogen-bond acceptors (Lipinski definition) is 2. The van der Waals surface area contributed by atoms with Crippen molar-refractivity contribution in [1.82, 2.24) is 5.32 Å². The van der Waals surface area contributed by atoms with Gasteiger partial charge >= 0.3 is 0 Å². The first-order chi connectivity index (χ1) is 8.83. The van der Waals surface area contributed by atoms with E-state index >= 15 is 0 Å². The molecule has 18 heavy (non-hydrogen) atoms. The van der Waals surface area contributed by atoms with Crippen molar-refractivity contribution in [3.63, 3.8) is 0 Å². The van der Waals surface area contributed by atoms with Crippen LogP contribution in [0.3, 0.4) is 0 Å². The number of nitriles is 1. The fraction of sp³-hybridized carbons (Fsp3) is 0.938. The van der Waals surface area contributed by atoms with Crippen molar-refractivity contribution < 1.29 is 0 Å². The summed E-state index contributed by atoms with van der Waals surface area (Å²) in [4.78, 5) is 0. The van der Waals surface area contributed by atoms with Gasteiger partial charge in [0.2, 0.25) is 0 Å². The molecule has 5 aliphatic carbocycles. The lowest BCUT2D eigenvalue weighted by molar-refractivity contribution is -0.0444. The maximum Gasteiger partial charge on any atom is 0.0986 e. The minimum Gasteiger partial charge on any atom is -0.301 e. The molecular formula is C16H24N2. The van der Waals surface area contributed by atoms with Crippen LogP contribution in [0.15, 0.2) is 0 Å². The van der Waals surface area contributed by atoms with Crippen LogP contribution >= 0.6 is 0 Å². The Bertz CT molecular complexity index is 338. The molecule has 0 aliphatic heterocycles. The molecule has 0 spiro atoms. The van der Waals surface area contributed by atoms with Crippen molar-refractivity contribution in [2.45, 2.75) is 51.0 Å². The third kappa shape index (κ3) is 1.88. The summed E-state index contributed by atoms with van der Waals surface area (Å²) >= 11 is 0. The highest BCUT2D eigenvalue weighted by Crippen LogP contribution is 2.57. The zero-order valence-corrected chi connectivity index (χ0v) is 11.1. The van der Waals surface area contributed by atoms with Gasteiger partial charge in [0.05, 0.1) is 12.1 Å². The van der Waals surface area contributed by atoms with Crippen LogP contribution in [-0.2, 0) is 0 Å². The van der Waals surface area contributed by atoms with Crippen molar-refractivity contribution >= 4 is 0 Å². The molecule has 0 saturated heterocycles. The topological polar surface area (TPSA) is 35.8 Å². The van der Waals surface area contributed by atoms with Gasteiger partial charge < -0.3 is 5.32 Å². The molecule has 0 amide bonds. The highest BCUT2D eigenvalue weighted by Gasteiger charge is 2.50. The fourth-order valence-electron chi connectivity index (χ4n) is 5.39. The van der Waals surface area contributed by atoms with E-state index in [2.05, 4.69) is 11.4 Å². The molecule has 0 heterocycles. The highest BCUT2D eigenvalue weighted by atomic mass is 14.9. The van der Waals surface area contributed by atoms with Crippen LogP contribution in [0.5, 0.6) is 0 Å². The first-order valence-corrected chi connectivity index (χ1v) is 7.96. The van der Waals surface area contributed by atoms with E-state index in [4.69, 9.17) is 0 Å². The molecule has 5 fully saturated rings. The molecule has 0 aromatic rings. The third-order valence-electron chi connectivity index (χ3n) is 6.15. The minimum absolute atomic E-state index is 0.153. The van der Waals surface area contributed by atoms with Gasteiger partial charge in [0.25, 0.3) is 0 Å². The van der Waals surface area contributed by atoms with E-state index in [9.17, 15) is 5.26 Å². The van der Waals surface area contributed by atoms with E-state index in [0.717, 1.165) is 36.1 Å². The molecule has 2 nitrogen and oxygen atoms in total. The monoisotopic (exact) mass is 244 g/mol. The Hall–Kier alpha value is -0.550. The molecule has 1 atom stereocenters. The Labute approximate surface area is 110 Å². The van der Waals surface area contributed by atoms with E-state index in [1.54, 1.807) is 0 Å². The molecule has 0 aromatic heterocycles. The first kappa shape index (κ1) is 11.3. The van der Waals surface area contributed by atoms with Gasteiger partial charge in [-0.05, 0) is 87.0 Å². The molecule has 0 radical (unpaired) electrons. The quantitative estimate of drug-likeness (QED) is 0.825. The number of nitrogens with zero attached hydrogens (tertiary/aromatic N) is 1. The molecule has 1 unspecified atom stereocenters. The smallest absolute Gasteiger partial charge is 0.0986 e. The van der Waals surface area contributed by atoms with Crippen molar-refractivity contribution in [3.05, 3.63) is 0 Å². The van der Waals surface area contributed by atoms with Crippen LogP contribution in [0, 0.1) is 46.8 Å². The van der Waals surface area contributed by atoms with Crippen molar-refractivity contribution in [3.8, 4) is 6.07 Å². The summed E-state index contributed by atoms with van der Waals surface area (Å²) in [5.74, 6) is 5.35. The average Bonchev–Trinajstić information content (AvgIpc) is 3.15. The van der Waals surface area contributed by atoms with E-state index in [0.29, 0.717) is 5.92 Å². The standard InChI is InChI=1S/C16H24N2/c17-8-15(18-9-10-1-2-10)16-13-4-11-3-12(6-13)7-14(16)5-11/h10-16,18H,1-7,9H2. The Balaban J connectivity index is 1.47. The van der Waals surface area contributed by atoms with Gasteiger partial charge in [0.15, 0.2) is 0 Å². The van der Waals surface area contributed by atoms with Gasteiger partial charge in [0.1, 0.15) is 0 Å². The van der Waals surface area contributed by atoms with Gasteiger partial charge in [-0.2, -0.15) is 5.26 Å². The largest absolute Gasteiger partial charge is 0.301 e. The molecule has 5 saturated carbocycles. The summed E-state index contributed by atoms with van der Waals surface area (Å²) in [5.41, 5.74) is 0. The van der Waals surface area contributed by atoms with E-state index in [-0.39, 0.29) is 6.04 Å². The predicted octanol–water partition coefficient (Wildman–Crippen LogP) is 2.95. The molecule has 5 aliphatic rings. The third-order valence-corrected chi connectivity index (χ3v) is 6.15. The van der Waals surface area contributed by atoms with Crippen LogP contribution in [0.25, 0.3) is 0 Å². The Morgan fingerprint density at radius 2 is 1.61 bits per heavy atom. The highest BCUT2D eigenvalue weighted by molar-refractivity contribution is 5.07. The molecule has 4 bridgehead atoms. The normalized spacial score (nSPS) is 46.9. The fourth-order valence-corrected chi connectivity index (χ4v) is 5.39.